The van der Waals surface area contributed by atoms with Crippen LogP contribution >= 0.6 is 0 Å². The van der Waals surface area contributed by atoms with Crippen LogP contribution in [0.3, 0.4) is 0 Å². The molecule has 0 bridgehead atoms. The van der Waals surface area contributed by atoms with E-state index in [1.54, 1.807) is 48.2 Å². The third-order valence-electron chi connectivity index (χ3n) is 14.7. The number of aliphatic carboxylic acids is 2. The Kier molecular flexibility index (Phi) is 0.193. The zero-order valence-electron chi connectivity index (χ0n) is 8.84. The molecule has 1 spiro atoms. The number of hydrogen-bond donors (Lipinski definition) is 2. The fourth-order valence-electron chi connectivity index (χ4n) is 15.8. The van der Waals surface area contributed by atoms with Gasteiger partial charge in [-0.05, 0) is 0 Å². The standard InChI is InChI=1S/2C5H5.C2H2O4.Fe/c2*1-2-4-5-3-1;3-1(4)2(5)6;/h2*1-5H;(H,3,4)(H,5,6);. The van der Waals surface area contributed by atoms with Gasteiger partial charge in [0, 0.05) is 0 Å². The second-order valence-corrected chi connectivity index (χ2v) is 34.1. The van der Waals surface area contributed by atoms with Crippen molar-refractivity contribution in [3.63, 3.8) is 0 Å². The molecule has 0 unspecified atom stereocenters. The summed E-state index contributed by atoms with van der Waals surface area (Å²) in [5.41, 5.74) is 0. The van der Waals surface area contributed by atoms with Crippen LogP contribution in [-0.2, 0) is 16.1 Å². The molecule has 10 heterocycles. The molecule has 10 aliphatic heterocycles. The third-order valence-corrected chi connectivity index (χ3v) is 56.7. The molecule has 0 atom stereocenters. The van der Waals surface area contributed by atoms with Crippen LogP contribution in [0.15, 0.2) is 0 Å². The summed E-state index contributed by atoms with van der Waals surface area (Å²) in [5, 5.41) is 14.8. The van der Waals surface area contributed by atoms with Crippen LogP contribution < -0.4 is 0 Å². The van der Waals surface area contributed by atoms with E-state index in [9.17, 15) is 0 Å². The van der Waals surface area contributed by atoms with Crippen molar-refractivity contribution in [2.24, 2.45) is 0 Å². The van der Waals surface area contributed by atoms with E-state index >= 15 is 0 Å². The summed E-state index contributed by atoms with van der Waals surface area (Å²) in [6, 6.07) is 0. The number of carbonyl (C=O) groups is 2. The second-order valence-electron chi connectivity index (χ2n) is 10.2. The van der Waals surface area contributed by atoms with E-state index in [1.165, 1.54) is 0 Å². The first-order valence-corrected chi connectivity index (χ1v) is 12.9. The molecule has 10 rings (SSSR count). The number of carboxylic acid groups (broad SMARTS) is 2. The Hall–Kier alpha value is -0.541. The van der Waals surface area contributed by atoms with E-state index in [1.807, 2.05) is 0 Å². The minimum absolute atomic E-state index is 1.59. The molecule has 92 valence electrons. The molecule has 10 fully saturated rings. The normalized spacial score (nSPS) is 113. The SMILES string of the molecule is O=C(O)C(=O)O.[CH]12[CH]3[CH]4[CH]5[CH]1[Fe]23451678[CH]2[CH]1[CH]6[CH]7[CH]28. The summed E-state index contributed by atoms with van der Waals surface area (Å²) in [7, 11) is 0. The van der Waals surface area contributed by atoms with Crippen molar-refractivity contribution in [1.82, 2.24) is 0 Å². The van der Waals surface area contributed by atoms with Crippen molar-refractivity contribution in [3.05, 3.63) is 0 Å². The average molecular weight is 276 g/mol. The van der Waals surface area contributed by atoms with E-state index in [4.69, 9.17) is 19.8 Å². The first-order valence-electron chi connectivity index (χ1n) is 6.48. The van der Waals surface area contributed by atoms with Gasteiger partial charge >= 0.3 is 66.6 Å². The molecule has 0 aromatic carbocycles. The molecule has 10 saturated heterocycles. The van der Waals surface area contributed by atoms with Gasteiger partial charge in [0.15, 0.2) is 0 Å². The van der Waals surface area contributed by atoms with Gasteiger partial charge < -0.3 is 10.2 Å². The maximum absolute atomic E-state index is 9.10. The molecule has 0 aliphatic carbocycles. The van der Waals surface area contributed by atoms with E-state index in [0.29, 0.717) is 0 Å². The summed E-state index contributed by atoms with van der Waals surface area (Å²) >= 11 is 0. The first-order chi connectivity index (χ1) is 7.80. The Balaban J connectivity index is 0.0000000947. The summed E-state index contributed by atoms with van der Waals surface area (Å²) in [5.74, 6) is -3.65. The van der Waals surface area contributed by atoms with Crippen molar-refractivity contribution < 1.29 is 26.3 Å². The van der Waals surface area contributed by atoms with Crippen molar-refractivity contribution >= 4 is 11.9 Å². The molecular weight excluding hydrogens is 264 g/mol. The van der Waals surface area contributed by atoms with Crippen LogP contribution in [-0.4, -0.2) is 22.2 Å². The van der Waals surface area contributed by atoms with Gasteiger partial charge in [0.1, 0.15) is 0 Å². The van der Waals surface area contributed by atoms with Crippen LogP contribution in [0.1, 0.15) is 0 Å². The van der Waals surface area contributed by atoms with Crippen LogP contribution in [0.5, 0.6) is 0 Å². The second kappa shape index (κ2) is 0.499. The van der Waals surface area contributed by atoms with Crippen LogP contribution in [0, 0.1) is 0 Å². The summed E-state index contributed by atoms with van der Waals surface area (Å²) in [6.07, 6.45) is 0. The van der Waals surface area contributed by atoms with Crippen molar-refractivity contribution in [2.45, 2.75) is 48.2 Å². The molecule has 2 N–H and O–H groups in total. The molecule has 0 radical (unpaired) electrons. The van der Waals surface area contributed by atoms with E-state index < -0.39 is 18.4 Å². The van der Waals surface area contributed by atoms with Gasteiger partial charge in [-0.2, -0.15) is 0 Å². The van der Waals surface area contributed by atoms with Crippen molar-refractivity contribution in [1.29, 1.82) is 0 Å². The fourth-order valence-corrected chi connectivity index (χ4v) is 88.0. The Labute approximate surface area is 86.7 Å². The maximum atomic E-state index is 9.10. The van der Waals surface area contributed by atoms with Crippen LogP contribution in [0.25, 0.3) is 0 Å². The topological polar surface area (TPSA) is 74.6 Å². The van der Waals surface area contributed by atoms with Gasteiger partial charge in [-0.3, -0.25) is 0 Å². The zero-order valence-corrected chi connectivity index (χ0v) is 9.94. The van der Waals surface area contributed by atoms with Crippen molar-refractivity contribution in [2.75, 3.05) is 0 Å². The number of hydrogen-bond acceptors (Lipinski definition) is 2. The average Bonchev–Trinajstić information content (AvgIpc) is 3.24. The predicted octanol–water partition coefficient (Wildman–Crippen LogP) is 2.53. The summed E-state index contributed by atoms with van der Waals surface area (Å²) < 4.78 is 0. The van der Waals surface area contributed by atoms with E-state index in [2.05, 4.69) is 0 Å². The Morgan fingerprint density at radius 1 is 0.588 bits per heavy atom. The van der Waals surface area contributed by atoms with Gasteiger partial charge in [0.25, 0.3) is 0 Å². The van der Waals surface area contributed by atoms with Crippen molar-refractivity contribution in [3.8, 4) is 0 Å². The predicted molar refractivity (Wildman–Crippen MR) is 52.8 cm³/mol. The Bertz CT molecular complexity index is 753. The van der Waals surface area contributed by atoms with E-state index in [-0.39, 0.29) is 0 Å². The molecule has 0 saturated carbocycles. The summed E-state index contributed by atoms with van der Waals surface area (Å²) in [4.78, 5) is 34.1. The first kappa shape index (κ1) is 6.58. The number of carboxylic acids is 2. The van der Waals surface area contributed by atoms with Gasteiger partial charge in [-0.1, -0.05) is 0 Å². The molecule has 0 aromatic rings. The van der Waals surface area contributed by atoms with Gasteiger partial charge in [-0.15, -0.1) is 0 Å². The van der Waals surface area contributed by atoms with E-state index in [0.717, 1.165) is 0 Å². The Morgan fingerprint density at radius 3 is 0.765 bits per heavy atom. The van der Waals surface area contributed by atoms with Crippen LogP contribution in [0.4, 0.5) is 0 Å². The third kappa shape index (κ3) is 0.0677. The molecule has 5 heteroatoms. The molecule has 10 aliphatic rings. The zero-order chi connectivity index (χ0) is 11.2. The van der Waals surface area contributed by atoms with Gasteiger partial charge in [0.05, 0.1) is 0 Å². The molecule has 4 nitrogen and oxygen atoms in total. The molecule has 0 aromatic heterocycles. The molecular formula is C12H12FeO4. The quantitative estimate of drug-likeness (QED) is 0.526. The number of fused-ring (bicyclic) bond motifs is 10. The number of rotatable bonds is 0. The van der Waals surface area contributed by atoms with Crippen LogP contribution in [0.2, 0.25) is 48.2 Å². The van der Waals surface area contributed by atoms with Gasteiger partial charge in [-0.25, -0.2) is 9.59 Å². The molecule has 17 heavy (non-hydrogen) atoms. The summed E-state index contributed by atoms with van der Waals surface area (Å²) in [6.45, 7) is -2.28. The fraction of sp³-hybridized carbons (Fsp3) is 0.833. The minimum atomic E-state index is -2.28. The monoisotopic (exact) mass is 276 g/mol. The van der Waals surface area contributed by atoms with Gasteiger partial charge in [0.2, 0.25) is 0 Å². The Morgan fingerprint density at radius 2 is 0.765 bits per heavy atom. The molecule has 0 amide bonds.